The molecule has 1 N–H and O–H groups in total. The molecule has 0 atom stereocenters. The average molecular weight is 471 g/mol. The number of nitrogens with one attached hydrogen (secondary N) is 1. The largest absolute Gasteiger partial charge is 0.376 e. The molecule has 0 amide bonds. The molecule has 3 aromatic carbocycles. The quantitative estimate of drug-likeness (QED) is 0.524. The van der Waals surface area contributed by atoms with Gasteiger partial charge in [0.25, 0.3) is 0 Å². The van der Waals surface area contributed by atoms with Gasteiger partial charge in [-0.25, -0.2) is 8.42 Å². The van der Waals surface area contributed by atoms with Gasteiger partial charge < -0.3 is 4.79 Å². The van der Waals surface area contributed by atoms with E-state index in [-0.39, 0.29) is 38.5 Å². The van der Waals surface area contributed by atoms with Gasteiger partial charge in [0.05, 0.1) is 12.0 Å². The fourth-order valence-electron chi connectivity index (χ4n) is 2.39. The normalized spacial score (nSPS) is 10.7. The second kappa shape index (κ2) is 10.2. The van der Waals surface area contributed by atoms with Crippen LogP contribution in [0.25, 0.3) is 0 Å². The van der Waals surface area contributed by atoms with E-state index in [1.165, 1.54) is 17.8 Å². The van der Waals surface area contributed by atoms with Crippen LogP contribution in [0.2, 0.25) is 0 Å². The molecule has 0 saturated carbocycles. The first-order chi connectivity index (χ1) is 12.6. The third kappa shape index (κ3) is 6.57. The van der Waals surface area contributed by atoms with Gasteiger partial charge in [0, 0.05) is 32.7 Å². The minimum atomic E-state index is -3.57. The van der Waals surface area contributed by atoms with E-state index in [0.717, 1.165) is 9.79 Å². The van der Waals surface area contributed by atoms with Crippen LogP contribution in [0.15, 0.2) is 88.7 Å². The molecule has 0 saturated heterocycles. The number of benzene rings is 3. The van der Waals surface area contributed by atoms with Gasteiger partial charge in [0.15, 0.2) is 0 Å². The van der Waals surface area contributed by atoms with Gasteiger partial charge in [-0.2, -0.15) is 11.8 Å². The summed E-state index contributed by atoms with van der Waals surface area (Å²) in [5.74, 6) is -0.130. The zero-order chi connectivity index (χ0) is 18.4. The van der Waals surface area contributed by atoms with Gasteiger partial charge >= 0.3 is 0 Å². The van der Waals surface area contributed by atoms with Gasteiger partial charge in [-0.3, -0.25) is 4.72 Å². The molecule has 27 heavy (non-hydrogen) atoms. The van der Waals surface area contributed by atoms with Crippen molar-refractivity contribution < 1.29 is 45.9 Å². The van der Waals surface area contributed by atoms with Crippen LogP contribution in [0.3, 0.4) is 0 Å². The Kier molecular flexibility index (Phi) is 8.23. The SMILES string of the molecule is O=[C-]c1cc(NS(=O)(=O)Cc2ccccc2)ccc1Sc1ccccc1.[Y]. The predicted molar refractivity (Wildman–Crippen MR) is 104 cm³/mol. The summed E-state index contributed by atoms with van der Waals surface area (Å²) in [6, 6.07) is 23.4. The van der Waals surface area contributed by atoms with Crippen LogP contribution >= 0.6 is 11.8 Å². The van der Waals surface area contributed by atoms with Crippen LogP contribution in [-0.2, 0) is 53.3 Å². The molecule has 135 valence electrons. The summed E-state index contributed by atoms with van der Waals surface area (Å²) in [6.45, 7) is 0. The molecular weight excluding hydrogens is 455 g/mol. The van der Waals surface area contributed by atoms with Gasteiger partial charge in [-0.05, 0) is 28.3 Å². The van der Waals surface area contributed by atoms with Gasteiger partial charge in [0.2, 0.25) is 10.0 Å². The van der Waals surface area contributed by atoms with E-state index in [0.29, 0.717) is 16.8 Å². The van der Waals surface area contributed by atoms with Crippen LogP contribution < -0.4 is 4.72 Å². The molecule has 0 fully saturated rings. The van der Waals surface area contributed by atoms with E-state index < -0.39 is 10.0 Å². The van der Waals surface area contributed by atoms with Crippen LogP contribution in [0, 0.1) is 0 Å². The third-order valence-corrected chi connectivity index (χ3v) is 5.88. The van der Waals surface area contributed by atoms with E-state index in [2.05, 4.69) is 4.72 Å². The fourth-order valence-corrected chi connectivity index (χ4v) is 4.47. The monoisotopic (exact) mass is 471 g/mol. The summed E-state index contributed by atoms with van der Waals surface area (Å²) in [7, 11) is -3.57. The molecule has 0 aliphatic carbocycles. The zero-order valence-corrected chi connectivity index (χ0v) is 18.8. The second-order valence-corrected chi connectivity index (χ2v) is 8.41. The molecule has 0 bridgehead atoms. The van der Waals surface area contributed by atoms with Crippen LogP contribution in [0.4, 0.5) is 5.69 Å². The van der Waals surface area contributed by atoms with Gasteiger partial charge in [-0.15, -0.1) is 17.7 Å². The number of hydrogen-bond donors (Lipinski definition) is 1. The summed E-state index contributed by atoms with van der Waals surface area (Å²) in [5, 5.41) is 0. The predicted octanol–water partition coefficient (Wildman–Crippen LogP) is 4.24. The van der Waals surface area contributed by atoms with E-state index in [4.69, 9.17) is 0 Å². The van der Waals surface area contributed by atoms with Crippen molar-refractivity contribution in [3.05, 3.63) is 90.0 Å². The van der Waals surface area contributed by atoms with Crippen LogP contribution in [-0.4, -0.2) is 14.7 Å². The Labute approximate surface area is 188 Å². The van der Waals surface area contributed by atoms with E-state index >= 15 is 0 Å². The van der Waals surface area contributed by atoms with Crippen molar-refractivity contribution in [3.63, 3.8) is 0 Å². The first kappa shape index (κ1) is 21.8. The van der Waals surface area contributed by atoms with E-state index in [9.17, 15) is 13.2 Å². The van der Waals surface area contributed by atoms with Crippen LogP contribution in [0.5, 0.6) is 0 Å². The molecule has 0 spiro atoms. The summed E-state index contributed by atoms with van der Waals surface area (Å²) in [6.07, 6.45) is 1.89. The van der Waals surface area contributed by atoms with E-state index in [1.807, 2.05) is 42.7 Å². The molecule has 3 aromatic rings. The number of hydrogen-bond acceptors (Lipinski definition) is 4. The van der Waals surface area contributed by atoms with Gasteiger partial charge in [0.1, 0.15) is 0 Å². The number of anilines is 1. The molecule has 7 heteroatoms. The van der Waals surface area contributed by atoms with Crippen molar-refractivity contribution in [3.8, 4) is 0 Å². The Bertz CT molecular complexity index is 994. The maximum atomic E-state index is 12.3. The third-order valence-electron chi connectivity index (χ3n) is 3.53. The first-order valence-electron chi connectivity index (χ1n) is 7.85. The van der Waals surface area contributed by atoms with Crippen molar-refractivity contribution >= 4 is 33.8 Å². The van der Waals surface area contributed by atoms with E-state index in [1.54, 1.807) is 36.4 Å². The molecule has 0 aliphatic rings. The zero-order valence-electron chi connectivity index (χ0n) is 14.3. The molecule has 0 unspecified atom stereocenters. The Balaban J connectivity index is 0.00000261. The molecule has 3 rings (SSSR count). The Hall–Kier alpha value is -1.47. The second-order valence-electron chi connectivity index (χ2n) is 5.57. The summed E-state index contributed by atoms with van der Waals surface area (Å²) in [4.78, 5) is 13.0. The number of rotatable bonds is 7. The molecule has 4 nitrogen and oxygen atoms in total. The molecule has 0 aromatic heterocycles. The minimum Gasteiger partial charge on any atom is -0.376 e. The van der Waals surface area contributed by atoms with Crippen molar-refractivity contribution in [2.75, 3.05) is 4.72 Å². The number of carbonyl (C=O) groups excluding carboxylic acids is 1. The standard InChI is InChI=1S/C20H16NO3S2.Y/c22-14-17-13-18(11-12-20(17)25-19-9-5-2-6-10-19)21-26(23,24)15-16-7-3-1-4-8-16;/h1-13,21H,15H2;/q-1;. The maximum absolute atomic E-state index is 12.3. The summed E-state index contributed by atoms with van der Waals surface area (Å²) >= 11 is 1.43. The van der Waals surface area contributed by atoms with Crippen molar-refractivity contribution in [2.24, 2.45) is 0 Å². The molecule has 1 radical (unpaired) electrons. The van der Waals surface area contributed by atoms with Gasteiger partial charge in [-0.1, -0.05) is 59.5 Å². The Morgan fingerprint density at radius 2 is 1.52 bits per heavy atom. The Morgan fingerprint density at radius 1 is 0.889 bits per heavy atom. The molecule has 0 heterocycles. The average Bonchev–Trinajstić information content (AvgIpc) is 2.64. The van der Waals surface area contributed by atoms with Crippen LogP contribution in [0.1, 0.15) is 11.1 Å². The summed E-state index contributed by atoms with van der Waals surface area (Å²) < 4.78 is 27.2. The number of sulfonamides is 1. The van der Waals surface area contributed by atoms with Crippen molar-refractivity contribution in [1.29, 1.82) is 0 Å². The first-order valence-corrected chi connectivity index (χ1v) is 10.3. The molecule has 0 aliphatic heterocycles. The van der Waals surface area contributed by atoms with Crippen molar-refractivity contribution in [1.82, 2.24) is 0 Å². The van der Waals surface area contributed by atoms with Crippen molar-refractivity contribution in [2.45, 2.75) is 15.5 Å². The molecular formula is C20H16NO3S2Y-. The summed E-state index contributed by atoms with van der Waals surface area (Å²) in [5.41, 5.74) is 1.36. The topological polar surface area (TPSA) is 63.2 Å². The minimum absolute atomic E-state index is 0. The smallest absolute Gasteiger partial charge is 0.236 e. The Morgan fingerprint density at radius 3 is 2.15 bits per heavy atom. The fraction of sp³-hybridized carbons (Fsp3) is 0.0500. The maximum Gasteiger partial charge on any atom is 0.236 e.